The zero-order valence-electron chi connectivity index (χ0n) is 13.8. The average Bonchev–Trinajstić information content (AvgIpc) is 3.15. The van der Waals surface area contributed by atoms with Crippen LogP contribution in [-0.4, -0.2) is 25.9 Å². The normalized spacial score (nSPS) is 25.2. The molecule has 2 saturated carbocycles. The second-order valence-corrected chi connectivity index (χ2v) is 7.09. The molecular weight excluding hydrogens is 290 g/mol. The molecular formula is C18H25N3O2. The van der Waals surface area contributed by atoms with E-state index in [9.17, 15) is 9.59 Å². The van der Waals surface area contributed by atoms with Crippen molar-refractivity contribution in [1.82, 2.24) is 10.9 Å². The van der Waals surface area contributed by atoms with E-state index in [-0.39, 0.29) is 11.8 Å². The highest BCUT2D eigenvalue weighted by atomic mass is 16.2. The molecule has 0 radical (unpaired) electrons. The minimum atomic E-state index is -0.282. The van der Waals surface area contributed by atoms with Gasteiger partial charge in [0.15, 0.2) is 0 Å². The Kier molecular flexibility index (Phi) is 4.55. The van der Waals surface area contributed by atoms with Crippen molar-refractivity contribution in [3.8, 4) is 0 Å². The first kappa shape index (κ1) is 15.8. The predicted molar refractivity (Wildman–Crippen MR) is 89.9 cm³/mol. The van der Waals surface area contributed by atoms with Gasteiger partial charge in [0.25, 0.3) is 5.91 Å². The lowest BCUT2D eigenvalue weighted by molar-refractivity contribution is -0.123. The Morgan fingerprint density at radius 3 is 2.65 bits per heavy atom. The van der Waals surface area contributed by atoms with Crippen LogP contribution in [0.1, 0.15) is 42.5 Å². The quantitative estimate of drug-likeness (QED) is 0.838. The Bertz CT molecular complexity index is 600. The van der Waals surface area contributed by atoms with Gasteiger partial charge in [-0.2, -0.15) is 0 Å². The third-order valence-electron chi connectivity index (χ3n) is 5.27. The maximum atomic E-state index is 12.1. The summed E-state index contributed by atoms with van der Waals surface area (Å²) in [4.78, 5) is 26.1. The number of nitrogens with zero attached hydrogens (tertiary/aromatic N) is 1. The van der Waals surface area contributed by atoms with Crippen LogP contribution in [0.2, 0.25) is 0 Å². The highest BCUT2D eigenvalue weighted by Crippen LogP contribution is 2.49. The number of rotatable bonds is 4. The third kappa shape index (κ3) is 3.66. The van der Waals surface area contributed by atoms with Crippen LogP contribution in [0.3, 0.4) is 0 Å². The molecule has 5 heteroatoms. The fourth-order valence-corrected chi connectivity index (χ4v) is 4.04. The van der Waals surface area contributed by atoms with Crippen LogP contribution >= 0.6 is 0 Å². The third-order valence-corrected chi connectivity index (χ3v) is 5.27. The van der Waals surface area contributed by atoms with E-state index in [0.29, 0.717) is 17.9 Å². The van der Waals surface area contributed by atoms with Crippen molar-refractivity contribution in [1.29, 1.82) is 0 Å². The fraction of sp³-hybridized carbons (Fsp3) is 0.556. The van der Waals surface area contributed by atoms with Gasteiger partial charge in [-0.3, -0.25) is 20.4 Å². The van der Waals surface area contributed by atoms with Gasteiger partial charge in [0, 0.05) is 31.8 Å². The van der Waals surface area contributed by atoms with E-state index < -0.39 is 0 Å². The molecule has 2 amide bonds. The first-order chi connectivity index (χ1) is 11.0. The fourth-order valence-electron chi connectivity index (χ4n) is 4.04. The zero-order chi connectivity index (χ0) is 16.4. The number of anilines is 1. The molecule has 23 heavy (non-hydrogen) atoms. The number of amides is 2. The van der Waals surface area contributed by atoms with Crippen LogP contribution in [0.5, 0.6) is 0 Å². The summed E-state index contributed by atoms with van der Waals surface area (Å²) in [7, 11) is 3.85. The van der Waals surface area contributed by atoms with Gasteiger partial charge in [-0.1, -0.05) is 12.5 Å². The molecule has 3 atom stereocenters. The molecule has 0 heterocycles. The summed E-state index contributed by atoms with van der Waals surface area (Å²) in [5.74, 6) is 1.69. The van der Waals surface area contributed by atoms with Crippen molar-refractivity contribution in [2.24, 2.45) is 17.8 Å². The van der Waals surface area contributed by atoms with E-state index in [2.05, 4.69) is 10.9 Å². The lowest BCUT2D eigenvalue weighted by Crippen LogP contribution is -2.42. The molecule has 0 unspecified atom stereocenters. The highest BCUT2D eigenvalue weighted by Gasteiger charge is 2.40. The van der Waals surface area contributed by atoms with E-state index in [1.807, 2.05) is 31.1 Å². The molecule has 0 aromatic heterocycles. The molecule has 0 saturated heterocycles. The second kappa shape index (κ2) is 6.60. The summed E-state index contributed by atoms with van der Waals surface area (Å²) >= 11 is 0. The Morgan fingerprint density at radius 2 is 2.00 bits per heavy atom. The first-order valence-corrected chi connectivity index (χ1v) is 8.39. The Labute approximate surface area is 137 Å². The first-order valence-electron chi connectivity index (χ1n) is 8.39. The molecule has 0 spiro atoms. The van der Waals surface area contributed by atoms with Gasteiger partial charge in [-0.05, 0) is 55.2 Å². The van der Waals surface area contributed by atoms with E-state index in [1.54, 1.807) is 12.1 Å². The summed E-state index contributed by atoms with van der Waals surface area (Å²) in [6.45, 7) is 0. The molecule has 3 rings (SSSR count). The van der Waals surface area contributed by atoms with Crippen molar-refractivity contribution in [3.63, 3.8) is 0 Å². The molecule has 5 nitrogen and oxygen atoms in total. The highest BCUT2D eigenvalue weighted by molar-refractivity contribution is 5.96. The molecule has 2 aliphatic rings. The maximum absolute atomic E-state index is 12.1. The molecule has 1 aromatic carbocycles. The summed E-state index contributed by atoms with van der Waals surface area (Å²) in [6, 6.07) is 7.31. The minimum Gasteiger partial charge on any atom is -0.378 e. The zero-order valence-corrected chi connectivity index (χ0v) is 13.8. The summed E-state index contributed by atoms with van der Waals surface area (Å²) in [6.07, 6.45) is 5.60. The number of carbonyl (C=O) groups is 2. The van der Waals surface area contributed by atoms with E-state index in [4.69, 9.17) is 0 Å². The molecule has 2 fully saturated rings. The van der Waals surface area contributed by atoms with Gasteiger partial charge in [-0.15, -0.1) is 0 Å². The molecule has 0 aliphatic heterocycles. The van der Waals surface area contributed by atoms with Crippen LogP contribution in [-0.2, 0) is 4.79 Å². The van der Waals surface area contributed by atoms with E-state index in [0.717, 1.165) is 17.5 Å². The van der Waals surface area contributed by atoms with Gasteiger partial charge in [-0.25, -0.2) is 0 Å². The Hall–Kier alpha value is -2.04. The SMILES string of the molecule is CN(C)c1cccc(C(=O)NNC(=O)C[C@@H]2C[C@@H]3CC[C@@H]2C3)c1. The van der Waals surface area contributed by atoms with Crippen LogP contribution < -0.4 is 15.8 Å². The minimum absolute atomic E-state index is 0.0836. The van der Waals surface area contributed by atoms with Crippen molar-refractivity contribution in [2.45, 2.75) is 32.1 Å². The lowest BCUT2D eigenvalue weighted by atomic mass is 9.86. The van der Waals surface area contributed by atoms with Crippen LogP contribution in [0, 0.1) is 17.8 Å². The summed E-state index contributed by atoms with van der Waals surface area (Å²) < 4.78 is 0. The lowest BCUT2D eigenvalue weighted by Gasteiger charge is -2.21. The van der Waals surface area contributed by atoms with Crippen molar-refractivity contribution < 1.29 is 9.59 Å². The molecule has 124 valence electrons. The van der Waals surface area contributed by atoms with Crippen LogP contribution in [0.25, 0.3) is 0 Å². The molecule has 2 aliphatic carbocycles. The summed E-state index contributed by atoms with van der Waals surface area (Å²) in [5, 5.41) is 0. The number of hydrogen-bond donors (Lipinski definition) is 2. The van der Waals surface area contributed by atoms with Gasteiger partial charge in [0.05, 0.1) is 0 Å². The number of benzene rings is 1. The molecule has 2 N–H and O–H groups in total. The Balaban J connectivity index is 1.48. The average molecular weight is 315 g/mol. The smallest absolute Gasteiger partial charge is 0.269 e. The largest absolute Gasteiger partial charge is 0.378 e. The number of hydrazine groups is 1. The van der Waals surface area contributed by atoms with Gasteiger partial charge in [0.1, 0.15) is 0 Å². The Morgan fingerprint density at radius 1 is 1.17 bits per heavy atom. The topological polar surface area (TPSA) is 61.4 Å². The van der Waals surface area contributed by atoms with Crippen LogP contribution in [0.15, 0.2) is 24.3 Å². The molecule has 1 aromatic rings. The van der Waals surface area contributed by atoms with Crippen LogP contribution in [0.4, 0.5) is 5.69 Å². The number of fused-ring (bicyclic) bond motifs is 2. The van der Waals surface area contributed by atoms with E-state index in [1.165, 1.54) is 25.7 Å². The van der Waals surface area contributed by atoms with Crippen molar-refractivity contribution in [3.05, 3.63) is 29.8 Å². The predicted octanol–water partition coefficient (Wildman–Crippen LogP) is 2.34. The number of nitrogens with one attached hydrogen (secondary N) is 2. The monoisotopic (exact) mass is 315 g/mol. The van der Waals surface area contributed by atoms with Gasteiger partial charge < -0.3 is 4.90 Å². The summed E-state index contributed by atoms with van der Waals surface area (Å²) in [5.41, 5.74) is 6.58. The standard InChI is InChI=1S/C18H25N3O2/c1-21(2)16-5-3-4-14(10-16)18(23)20-19-17(22)11-15-9-12-6-7-13(15)8-12/h3-5,10,12-13,15H,6-9,11H2,1-2H3,(H,19,22)(H,20,23)/t12-,13-,15+/m1/s1. The van der Waals surface area contributed by atoms with Gasteiger partial charge >= 0.3 is 0 Å². The van der Waals surface area contributed by atoms with Gasteiger partial charge in [0.2, 0.25) is 5.91 Å². The molecule has 2 bridgehead atoms. The second-order valence-electron chi connectivity index (χ2n) is 7.09. The number of carbonyl (C=O) groups excluding carboxylic acids is 2. The number of hydrogen-bond acceptors (Lipinski definition) is 3. The van der Waals surface area contributed by atoms with Crippen molar-refractivity contribution >= 4 is 17.5 Å². The van der Waals surface area contributed by atoms with Crippen molar-refractivity contribution in [2.75, 3.05) is 19.0 Å². The maximum Gasteiger partial charge on any atom is 0.269 e. The van der Waals surface area contributed by atoms with E-state index >= 15 is 0 Å².